The molecule has 1 aromatic rings. The van der Waals surface area contributed by atoms with Crippen molar-refractivity contribution in [1.82, 2.24) is 5.32 Å². The Morgan fingerprint density at radius 1 is 1.44 bits per heavy atom. The van der Waals surface area contributed by atoms with Crippen LogP contribution in [-0.4, -0.2) is 13.2 Å². The molecule has 1 atom stereocenters. The fraction of sp³-hybridized carbons (Fsp3) is 0.500. The smallest absolute Gasteiger partial charge is 0.133 e. The molecular formula is C14H17BrN2O. The molecule has 0 aromatic heterocycles. The van der Waals surface area contributed by atoms with E-state index in [1.165, 1.54) is 25.7 Å². The van der Waals surface area contributed by atoms with Crippen LogP contribution in [0.25, 0.3) is 0 Å². The fourth-order valence-corrected chi connectivity index (χ4v) is 2.96. The number of rotatable bonds is 4. The van der Waals surface area contributed by atoms with Gasteiger partial charge in [-0.2, -0.15) is 5.26 Å². The van der Waals surface area contributed by atoms with E-state index in [-0.39, 0.29) is 6.04 Å². The van der Waals surface area contributed by atoms with Crippen molar-refractivity contribution in [1.29, 1.82) is 5.26 Å². The standard InChI is InChI=1S/C14H17BrN2O/c1-18-14-7-6-10(8-12(14)15)13(9-16)17-11-4-2-3-5-11/h6-8,11,13,17H,2-5H2,1H3. The van der Waals surface area contributed by atoms with Crippen LogP contribution in [0.15, 0.2) is 22.7 Å². The Kier molecular flexibility index (Phi) is 4.62. The summed E-state index contributed by atoms with van der Waals surface area (Å²) in [5, 5.41) is 12.7. The van der Waals surface area contributed by atoms with Crippen LogP contribution in [0.5, 0.6) is 5.75 Å². The predicted molar refractivity (Wildman–Crippen MR) is 74.4 cm³/mol. The molecule has 1 saturated carbocycles. The van der Waals surface area contributed by atoms with Crippen molar-refractivity contribution >= 4 is 15.9 Å². The van der Waals surface area contributed by atoms with Gasteiger partial charge in [-0.25, -0.2) is 0 Å². The second-order valence-electron chi connectivity index (χ2n) is 4.60. The number of hydrogen-bond donors (Lipinski definition) is 1. The highest BCUT2D eigenvalue weighted by Crippen LogP contribution is 2.29. The van der Waals surface area contributed by atoms with Crippen molar-refractivity contribution < 1.29 is 4.74 Å². The molecule has 0 aliphatic heterocycles. The highest BCUT2D eigenvalue weighted by molar-refractivity contribution is 9.10. The lowest BCUT2D eigenvalue weighted by Crippen LogP contribution is -2.29. The third-order valence-corrected chi connectivity index (χ3v) is 4.02. The van der Waals surface area contributed by atoms with Gasteiger partial charge >= 0.3 is 0 Å². The SMILES string of the molecule is COc1ccc(C(C#N)NC2CCCC2)cc1Br. The molecule has 3 nitrogen and oxygen atoms in total. The molecule has 0 heterocycles. The Morgan fingerprint density at radius 3 is 2.72 bits per heavy atom. The second-order valence-corrected chi connectivity index (χ2v) is 5.46. The van der Waals surface area contributed by atoms with Crippen molar-refractivity contribution in [2.45, 2.75) is 37.8 Å². The second kappa shape index (κ2) is 6.21. The summed E-state index contributed by atoms with van der Waals surface area (Å²) in [6.07, 6.45) is 4.88. The van der Waals surface area contributed by atoms with E-state index in [0.717, 1.165) is 15.8 Å². The molecule has 0 spiro atoms. The molecule has 1 aliphatic carbocycles. The number of nitrogens with zero attached hydrogens (tertiary/aromatic N) is 1. The van der Waals surface area contributed by atoms with E-state index in [2.05, 4.69) is 27.3 Å². The number of nitriles is 1. The summed E-state index contributed by atoms with van der Waals surface area (Å²) in [6, 6.07) is 8.36. The van der Waals surface area contributed by atoms with E-state index in [1.807, 2.05) is 18.2 Å². The average molecular weight is 309 g/mol. The highest BCUT2D eigenvalue weighted by atomic mass is 79.9. The molecule has 1 aliphatic rings. The summed E-state index contributed by atoms with van der Waals surface area (Å²) in [5.74, 6) is 0.788. The molecule has 2 rings (SSSR count). The lowest BCUT2D eigenvalue weighted by Gasteiger charge is -2.18. The van der Waals surface area contributed by atoms with Gasteiger partial charge in [-0.15, -0.1) is 0 Å². The van der Waals surface area contributed by atoms with Crippen LogP contribution >= 0.6 is 15.9 Å². The monoisotopic (exact) mass is 308 g/mol. The normalized spacial score (nSPS) is 17.4. The minimum Gasteiger partial charge on any atom is -0.496 e. The molecule has 1 unspecified atom stereocenters. The maximum Gasteiger partial charge on any atom is 0.133 e. The van der Waals surface area contributed by atoms with Gasteiger partial charge in [0.25, 0.3) is 0 Å². The fourth-order valence-electron chi connectivity index (χ4n) is 2.40. The summed E-state index contributed by atoms with van der Waals surface area (Å²) < 4.78 is 6.08. The third-order valence-electron chi connectivity index (χ3n) is 3.40. The molecule has 1 aromatic carbocycles. The van der Waals surface area contributed by atoms with Crippen LogP contribution in [0.3, 0.4) is 0 Å². The van der Waals surface area contributed by atoms with Crippen LogP contribution in [0.1, 0.15) is 37.3 Å². The van der Waals surface area contributed by atoms with Crippen molar-refractivity contribution in [3.05, 3.63) is 28.2 Å². The lowest BCUT2D eigenvalue weighted by molar-refractivity contribution is 0.411. The Morgan fingerprint density at radius 2 is 2.17 bits per heavy atom. The first kappa shape index (κ1) is 13.4. The zero-order valence-corrected chi connectivity index (χ0v) is 12.0. The van der Waals surface area contributed by atoms with Crippen molar-refractivity contribution in [3.63, 3.8) is 0 Å². The van der Waals surface area contributed by atoms with Gasteiger partial charge in [0, 0.05) is 6.04 Å². The van der Waals surface area contributed by atoms with E-state index in [9.17, 15) is 5.26 Å². The Labute approximate surface area is 116 Å². The summed E-state index contributed by atoms with van der Waals surface area (Å²) in [5.41, 5.74) is 0.983. The number of nitrogens with one attached hydrogen (secondary N) is 1. The van der Waals surface area contributed by atoms with Crippen molar-refractivity contribution in [2.24, 2.45) is 0 Å². The number of halogens is 1. The van der Waals surface area contributed by atoms with Gasteiger partial charge in [0.2, 0.25) is 0 Å². The number of ether oxygens (including phenoxy) is 1. The molecule has 4 heteroatoms. The molecule has 1 N–H and O–H groups in total. The molecule has 96 valence electrons. The summed E-state index contributed by atoms with van der Waals surface area (Å²) in [4.78, 5) is 0. The topological polar surface area (TPSA) is 45.0 Å². The minimum atomic E-state index is -0.240. The van der Waals surface area contributed by atoms with Crippen molar-refractivity contribution in [3.8, 4) is 11.8 Å². The van der Waals surface area contributed by atoms with Gasteiger partial charge in [-0.1, -0.05) is 18.9 Å². The molecule has 0 radical (unpaired) electrons. The molecule has 0 amide bonds. The molecule has 0 bridgehead atoms. The van der Waals surface area contributed by atoms with E-state index < -0.39 is 0 Å². The largest absolute Gasteiger partial charge is 0.496 e. The van der Waals surface area contributed by atoms with Gasteiger partial charge in [0.1, 0.15) is 11.8 Å². The molecule has 0 saturated heterocycles. The average Bonchev–Trinajstić information content (AvgIpc) is 2.88. The molecule has 1 fully saturated rings. The molecule has 18 heavy (non-hydrogen) atoms. The summed E-state index contributed by atoms with van der Waals surface area (Å²) >= 11 is 3.46. The first-order valence-corrected chi connectivity index (χ1v) is 7.03. The van der Waals surface area contributed by atoms with E-state index in [1.54, 1.807) is 7.11 Å². The van der Waals surface area contributed by atoms with E-state index in [4.69, 9.17) is 4.74 Å². The van der Waals surface area contributed by atoms with Crippen LogP contribution in [0.2, 0.25) is 0 Å². The van der Waals surface area contributed by atoms with Gasteiger partial charge < -0.3 is 4.74 Å². The first-order valence-electron chi connectivity index (χ1n) is 6.23. The van der Waals surface area contributed by atoms with E-state index in [0.29, 0.717) is 6.04 Å². The van der Waals surface area contributed by atoms with Crippen molar-refractivity contribution in [2.75, 3.05) is 7.11 Å². The predicted octanol–water partition coefficient (Wildman–Crippen LogP) is 3.55. The van der Waals surface area contributed by atoms with Gasteiger partial charge in [0.05, 0.1) is 17.7 Å². The third kappa shape index (κ3) is 3.04. The maximum atomic E-state index is 9.30. The van der Waals surface area contributed by atoms with E-state index >= 15 is 0 Å². The quantitative estimate of drug-likeness (QED) is 0.925. The van der Waals surface area contributed by atoms with Gasteiger partial charge in [-0.3, -0.25) is 5.32 Å². The maximum absolute atomic E-state index is 9.30. The lowest BCUT2D eigenvalue weighted by atomic mass is 10.1. The van der Waals surface area contributed by atoms with Gasteiger partial charge in [0.15, 0.2) is 0 Å². The van der Waals surface area contributed by atoms with Crippen LogP contribution < -0.4 is 10.1 Å². The Bertz CT molecular complexity index is 450. The number of benzene rings is 1. The Hall–Kier alpha value is -1.05. The minimum absolute atomic E-state index is 0.240. The van der Waals surface area contributed by atoms with Crippen LogP contribution in [0.4, 0.5) is 0 Å². The summed E-state index contributed by atoms with van der Waals surface area (Å²) in [6.45, 7) is 0. The van der Waals surface area contributed by atoms with Gasteiger partial charge in [-0.05, 0) is 46.5 Å². The number of hydrogen-bond acceptors (Lipinski definition) is 3. The highest BCUT2D eigenvalue weighted by Gasteiger charge is 2.20. The zero-order chi connectivity index (χ0) is 13.0. The zero-order valence-electron chi connectivity index (χ0n) is 10.4. The number of methoxy groups -OCH3 is 1. The summed E-state index contributed by atoms with van der Waals surface area (Å²) in [7, 11) is 1.64. The Balaban J connectivity index is 2.12. The van der Waals surface area contributed by atoms with Crippen LogP contribution in [-0.2, 0) is 0 Å². The molecular weight excluding hydrogens is 292 g/mol. The first-order chi connectivity index (χ1) is 8.74. The van der Waals surface area contributed by atoms with Crippen LogP contribution in [0, 0.1) is 11.3 Å².